The smallest absolute Gasteiger partial charge is 0.349 e. The van der Waals surface area contributed by atoms with E-state index in [1.165, 1.54) is 12.1 Å². The summed E-state index contributed by atoms with van der Waals surface area (Å²) in [6.07, 6.45) is 1.74. The standard InChI is InChI=1S/C18H15Cl2N5O7S/c19-11-3-9(25-18(29)23-15(28)7-22-25)4-12(20)17(11)32-16-5-14(13(27)6-21-16)33(30,31)24-8-1-10(26)2-8/h3-8,10,24,26-27H,1-2H2,(H,23,28,29)/t8-,10-. The number of nitrogens with one attached hydrogen (secondary N) is 2. The van der Waals surface area contributed by atoms with E-state index in [2.05, 4.69) is 14.8 Å². The molecule has 1 aliphatic carbocycles. The largest absolute Gasteiger partial charge is 0.505 e. The van der Waals surface area contributed by atoms with Crippen molar-refractivity contribution in [3.63, 3.8) is 0 Å². The molecule has 0 amide bonds. The first-order valence-corrected chi connectivity index (χ1v) is 11.5. The zero-order chi connectivity index (χ0) is 23.9. The lowest BCUT2D eigenvalue weighted by molar-refractivity contribution is 0.0712. The number of aliphatic hydroxyl groups is 1. The van der Waals surface area contributed by atoms with Crippen LogP contribution in [0.15, 0.2) is 45.1 Å². The van der Waals surface area contributed by atoms with E-state index >= 15 is 0 Å². The summed E-state index contributed by atoms with van der Waals surface area (Å²) in [6, 6.07) is 3.11. The lowest BCUT2D eigenvalue weighted by atomic mass is 9.91. The van der Waals surface area contributed by atoms with Gasteiger partial charge in [0.2, 0.25) is 15.9 Å². The van der Waals surface area contributed by atoms with Crippen molar-refractivity contribution in [2.75, 3.05) is 0 Å². The van der Waals surface area contributed by atoms with E-state index < -0.39 is 44.1 Å². The first kappa shape index (κ1) is 23.2. The van der Waals surface area contributed by atoms with Crippen molar-refractivity contribution in [1.29, 1.82) is 0 Å². The second-order valence-corrected chi connectivity index (χ2v) is 9.62. The highest BCUT2D eigenvalue weighted by atomic mass is 35.5. The van der Waals surface area contributed by atoms with Crippen LogP contribution in [-0.2, 0) is 10.0 Å². The SMILES string of the molecule is O=c1cnn(-c2cc(Cl)c(Oc3cc(S(=O)(=O)N[C@H]4C[C@H](O)C4)c(O)cn3)c(Cl)c2)c(=O)[nH]1. The molecule has 0 unspecified atom stereocenters. The number of sulfonamides is 1. The fraction of sp³-hybridized carbons (Fsp3) is 0.222. The molecule has 1 saturated carbocycles. The second kappa shape index (κ2) is 8.76. The highest BCUT2D eigenvalue weighted by Crippen LogP contribution is 2.38. The van der Waals surface area contributed by atoms with E-state index in [-0.39, 0.29) is 40.2 Å². The van der Waals surface area contributed by atoms with Gasteiger partial charge in [0.1, 0.15) is 11.1 Å². The molecule has 1 aliphatic rings. The monoisotopic (exact) mass is 515 g/mol. The Morgan fingerprint density at radius 1 is 1.15 bits per heavy atom. The van der Waals surface area contributed by atoms with Crippen molar-refractivity contribution in [3.05, 3.63) is 61.5 Å². The van der Waals surface area contributed by atoms with Gasteiger partial charge in [-0.05, 0) is 25.0 Å². The third kappa shape index (κ3) is 4.86. The van der Waals surface area contributed by atoms with Crippen LogP contribution in [0.25, 0.3) is 5.69 Å². The number of hydrogen-bond donors (Lipinski definition) is 4. The van der Waals surface area contributed by atoms with Gasteiger partial charge in [-0.2, -0.15) is 9.78 Å². The second-order valence-electron chi connectivity index (χ2n) is 7.13. The summed E-state index contributed by atoms with van der Waals surface area (Å²) in [5.41, 5.74) is -1.36. The maximum Gasteiger partial charge on any atom is 0.349 e. The first-order valence-electron chi connectivity index (χ1n) is 9.29. The van der Waals surface area contributed by atoms with Gasteiger partial charge in [0, 0.05) is 12.1 Å². The molecule has 0 spiro atoms. The molecule has 33 heavy (non-hydrogen) atoms. The Kier molecular flexibility index (Phi) is 6.16. The van der Waals surface area contributed by atoms with Crippen molar-refractivity contribution in [1.82, 2.24) is 24.5 Å². The Morgan fingerprint density at radius 3 is 2.42 bits per heavy atom. The van der Waals surface area contributed by atoms with Crippen LogP contribution in [0.1, 0.15) is 12.8 Å². The number of benzene rings is 1. The third-order valence-corrected chi connectivity index (χ3v) is 6.80. The molecule has 0 aliphatic heterocycles. The summed E-state index contributed by atoms with van der Waals surface area (Å²) in [6.45, 7) is 0. The topological polar surface area (TPSA) is 176 Å². The van der Waals surface area contributed by atoms with Gasteiger partial charge in [0.05, 0.1) is 28.0 Å². The minimum absolute atomic E-state index is 0.0711. The van der Waals surface area contributed by atoms with Crippen LogP contribution >= 0.6 is 23.2 Å². The predicted octanol–water partition coefficient (Wildman–Crippen LogP) is 0.922. The van der Waals surface area contributed by atoms with E-state index in [0.717, 1.165) is 23.1 Å². The van der Waals surface area contributed by atoms with Crippen LogP contribution in [0.3, 0.4) is 0 Å². The number of halogens is 2. The molecule has 1 fully saturated rings. The van der Waals surface area contributed by atoms with Crippen LogP contribution in [0.4, 0.5) is 0 Å². The number of aromatic hydroxyl groups is 1. The number of rotatable bonds is 6. The molecular weight excluding hydrogens is 501 g/mol. The molecular formula is C18H15Cl2N5O7S. The molecule has 4 rings (SSSR count). The molecule has 12 nitrogen and oxygen atoms in total. The van der Waals surface area contributed by atoms with Gasteiger partial charge in [-0.25, -0.2) is 22.9 Å². The highest BCUT2D eigenvalue weighted by Gasteiger charge is 2.32. The number of H-pyrrole nitrogens is 1. The number of aromatic amines is 1. The molecule has 0 atom stereocenters. The van der Waals surface area contributed by atoms with E-state index in [0.29, 0.717) is 0 Å². The average Bonchev–Trinajstić information content (AvgIpc) is 2.70. The third-order valence-electron chi connectivity index (χ3n) is 4.69. The molecule has 4 N–H and O–H groups in total. The van der Waals surface area contributed by atoms with Crippen LogP contribution in [0.5, 0.6) is 17.4 Å². The summed E-state index contributed by atoms with van der Waals surface area (Å²) >= 11 is 12.5. The van der Waals surface area contributed by atoms with E-state index in [1.54, 1.807) is 0 Å². The summed E-state index contributed by atoms with van der Waals surface area (Å²) in [7, 11) is -4.13. The summed E-state index contributed by atoms with van der Waals surface area (Å²) in [5.74, 6) is -0.945. The average molecular weight is 516 g/mol. The molecule has 174 valence electrons. The number of aliphatic hydroxyl groups excluding tert-OH is 1. The Bertz CT molecular complexity index is 1430. The zero-order valence-electron chi connectivity index (χ0n) is 16.4. The Hall–Kier alpha value is -2.97. The summed E-state index contributed by atoms with van der Waals surface area (Å²) in [5, 5.41) is 22.9. The normalized spacial score (nSPS) is 18.0. The van der Waals surface area contributed by atoms with Crippen LogP contribution in [0, 0.1) is 0 Å². The van der Waals surface area contributed by atoms with Gasteiger partial charge in [-0.1, -0.05) is 23.2 Å². The number of ether oxygens (including phenoxy) is 1. The Morgan fingerprint density at radius 2 is 1.82 bits per heavy atom. The minimum Gasteiger partial charge on any atom is -0.505 e. The predicted molar refractivity (Wildman–Crippen MR) is 116 cm³/mol. The fourth-order valence-corrected chi connectivity index (χ4v) is 4.95. The molecule has 0 radical (unpaired) electrons. The number of hydrogen-bond acceptors (Lipinski definition) is 9. The van der Waals surface area contributed by atoms with Crippen molar-refractivity contribution in [3.8, 4) is 23.1 Å². The van der Waals surface area contributed by atoms with Gasteiger partial charge in [0.15, 0.2) is 11.5 Å². The van der Waals surface area contributed by atoms with Gasteiger partial charge in [-0.3, -0.25) is 9.78 Å². The van der Waals surface area contributed by atoms with E-state index in [9.17, 15) is 28.2 Å². The van der Waals surface area contributed by atoms with Crippen LogP contribution in [-0.4, -0.2) is 50.5 Å². The van der Waals surface area contributed by atoms with Crippen molar-refractivity contribution in [2.45, 2.75) is 29.9 Å². The van der Waals surface area contributed by atoms with Gasteiger partial charge in [0.25, 0.3) is 5.56 Å². The number of pyridine rings is 1. The molecule has 0 bridgehead atoms. The number of nitrogens with zero attached hydrogens (tertiary/aromatic N) is 3. The van der Waals surface area contributed by atoms with Gasteiger partial charge >= 0.3 is 5.69 Å². The Labute approximate surface area is 195 Å². The maximum atomic E-state index is 12.6. The lowest BCUT2D eigenvalue weighted by Gasteiger charge is -2.31. The maximum absolute atomic E-state index is 12.6. The highest BCUT2D eigenvalue weighted by molar-refractivity contribution is 7.89. The molecule has 0 saturated heterocycles. The van der Waals surface area contributed by atoms with E-state index in [1.807, 2.05) is 4.98 Å². The first-order chi connectivity index (χ1) is 15.5. The Balaban J connectivity index is 1.63. The fourth-order valence-electron chi connectivity index (χ4n) is 3.06. The van der Waals surface area contributed by atoms with Gasteiger partial charge in [-0.15, -0.1) is 0 Å². The molecule has 1 aromatic carbocycles. The molecule has 15 heteroatoms. The van der Waals surface area contributed by atoms with Crippen LogP contribution in [0.2, 0.25) is 10.0 Å². The molecule has 2 heterocycles. The lowest BCUT2D eigenvalue weighted by Crippen LogP contribution is -2.46. The van der Waals surface area contributed by atoms with Crippen molar-refractivity contribution < 1.29 is 23.4 Å². The molecule has 2 aromatic heterocycles. The van der Waals surface area contributed by atoms with Crippen molar-refractivity contribution >= 4 is 33.2 Å². The van der Waals surface area contributed by atoms with Crippen molar-refractivity contribution in [2.24, 2.45) is 0 Å². The van der Waals surface area contributed by atoms with Gasteiger partial charge < -0.3 is 14.9 Å². The van der Waals surface area contributed by atoms with Crippen LogP contribution < -0.4 is 20.7 Å². The van der Waals surface area contributed by atoms with E-state index in [4.69, 9.17) is 27.9 Å². The number of aromatic nitrogens is 4. The summed E-state index contributed by atoms with van der Waals surface area (Å²) in [4.78, 5) is 28.5. The zero-order valence-corrected chi connectivity index (χ0v) is 18.7. The quantitative estimate of drug-likeness (QED) is 0.371. The molecule has 3 aromatic rings. The minimum atomic E-state index is -4.13. The summed E-state index contributed by atoms with van der Waals surface area (Å²) < 4.78 is 34.0.